The Morgan fingerprint density at radius 3 is 2.63 bits per heavy atom. The van der Waals surface area contributed by atoms with Crippen LogP contribution in [0.3, 0.4) is 0 Å². The van der Waals surface area contributed by atoms with E-state index in [-0.39, 0.29) is 10.7 Å². The third kappa shape index (κ3) is 6.79. The number of anilines is 1. The molecule has 0 fully saturated rings. The first-order valence-corrected chi connectivity index (χ1v) is 13.4. The lowest BCUT2D eigenvalue weighted by Crippen LogP contribution is -2.28. The van der Waals surface area contributed by atoms with E-state index in [9.17, 15) is 0 Å². The van der Waals surface area contributed by atoms with Gasteiger partial charge in [0.05, 0.1) is 12.4 Å². The van der Waals surface area contributed by atoms with Crippen LogP contribution in [0, 0.1) is 0 Å². The zero-order valence-corrected chi connectivity index (χ0v) is 21.6. The van der Waals surface area contributed by atoms with Crippen LogP contribution >= 0.6 is 22.6 Å². The van der Waals surface area contributed by atoms with Gasteiger partial charge in [-0.1, -0.05) is 65.5 Å². The molecule has 5 heteroatoms. The van der Waals surface area contributed by atoms with E-state index in [0.717, 1.165) is 19.6 Å². The highest BCUT2D eigenvalue weighted by molar-refractivity contribution is 8.14. The van der Waals surface area contributed by atoms with Gasteiger partial charge in [0.2, 0.25) is 0 Å². The van der Waals surface area contributed by atoms with Crippen LogP contribution in [0.4, 0.5) is 5.69 Å². The van der Waals surface area contributed by atoms with E-state index in [4.69, 9.17) is 0 Å². The molecule has 0 aromatic heterocycles. The van der Waals surface area contributed by atoms with Crippen LogP contribution < -0.4 is 14.3 Å². The van der Waals surface area contributed by atoms with Gasteiger partial charge >= 0.3 is 0 Å². The van der Waals surface area contributed by atoms with Crippen LogP contribution in [-0.2, 0) is 0 Å². The average Bonchev–Trinajstić information content (AvgIpc) is 3.16. The Morgan fingerprint density at radius 2 is 2.00 bits per heavy atom. The fourth-order valence-corrected chi connectivity index (χ4v) is 6.40. The van der Waals surface area contributed by atoms with Gasteiger partial charge < -0.3 is 5.32 Å². The van der Waals surface area contributed by atoms with Gasteiger partial charge in [-0.05, 0) is 61.2 Å². The van der Waals surface area contributed by atoms with Gasteiger partial charge in [-0.15, -0.1) is 10.7 Å². The molecule has 1 aromatic rings. The minimum atomic E-state index is 0.131. The Bertz CT molecular complexity index is 779. The predicted octanol–water partition coefficient (Wildman–Crippen LogP) is 7.42. The van der Waals surface area contributed by atoms with Crippen molar-refractivity contribution < 1.29 is 0 Å². The summed E-state index contributed by atoms with van der Waals surface area (Å²) in [6, 6.07) is 6.49. The van der Waals surface area contributed by atoms with Gasteiger partial charge in [-0.2, -0.15) is 0 Å². The second-order valence-electron chi connectivity index (χ2n) is 6.39. The van der Waals surface area contributed by atoms with Crippen molar-refractivity contribution in [1.82, 2.24) is 10.0 Å². The molecule has 0 spiro atoms. The molecule has 3 rings (SSSR count). The summed E-state index contributed by atoms with van der Waals surface area (Å²) >= 11 is 1.83. The Balaban J connectivity index is 0.00000106. The molecule has 0 amide bonds. The standard InChI is InChI=1S/C21H29N3S2.2C2H6/c1-5-17-10-8-11-19-21(17)20(7-3)25-24(19)15-23-26-13-9-12-22-16(4)14-18(26)6-2;2*1-2/h5,7-8,10-11,14,22-23H,1,6,9,12-13,15H2,2-4H3;2*1-2H3/b16-14-,20-7+;;. The molecule has 0 bridgehead atoms. The largest absolute Gasteiger partial charge is 0.389 e. The molecular weight excluding hydrogens is 406 g/mol. The second-order valence-corrected chi connectivity index (χ2v) is 9.46. The van der Waals surface area contributed by atoms with Crippen LogP contribution in [0.2, 0.25) is 0 Å². The maximum absolute atomic E-state index is 3.98. The van der Waals surface area contributed by atoms with E-state index in [0.29, 0.717) is 0 Å². The molecule has 168 valence electrons. The monoisotopic (exact) mass is 447 g/mol. The zero-order valence-electron chi connectivity index (χ0n) is 20.0. The summed E-state index contributed by atoms with van der Waals surface area (Å²) in [7, 11) is 0.131. The van der Waals surface area contributed by atoms with Crippen LogP contribution in [-0.4, -0.2) is 23.8 Å². The lowest BCUT2D eigenvalue weighted by atomic mass is 10.0. The summed E-state index contributed by atoms with van der Waals surface area (Å²) in [4.78, 5) is 2.84. The Morgan fingerprint density at radius 1 is 1.27 bits per heavy atom. The summed E-state index contributed by atoms with van der Waals surface area (Å²) in [6.07, 6.45) is 8.80. The highest BCUT2D eigenvalue weighted by Gasteiger charge is 2.26. The van der Waals surface area contributed by atoms with E-state index >= 15 is 0 Å². The molecule has 2 heterocycles. The van der Waals surface area contributed by atoms with Crippen molar-refractivity contribution in [3.05, 3.63) is 53.8 Å². The molecule has 1 atom stereocenters. The van der Waals surface area contributed by atoms with Gasteiger partial charge in [-0.25, -0.2) is 4.72 Å². The average molecular weight is 448 g/mol. The topological polar surface area (TPSA) is 27.3 Å². The van der Waals surface area contributed by atoms with Crippen LogP contribution in [0.5, 0.6) is 0 Å². The minimum absolute atomic E-state index is 0.131. The summed E-state index contributed by atoms with van der Waals surface area (Å²) in [5, 5.41) is 3.49. The molecule has 2 N–H and O–H groups in total. The van der Waals surface area contributed by atoms with Crippen molar-refractivity contribution >= 4 is 44.2 Å². The normalized spacial score (nSPS) is 22.2. The quantitative estimate of drug-likeness (QED) is 0.363. The van der Waals surface area contributed by atoms with Crippen molar-refractivity contribution in [1.29, 1.82) is 0 Å². The minimum Gasteiger partial charge on any atom is -0.389 e. The summed E-state index contributed by atoms with van der Waals surface area (Å²) in [5.41, 5.74) is 5.10. The Hall–Kier alpha value is -1.43. The van der Waals surface area contributed by atoms with Crippen molar-refractivity contribution in [2.75, 3.05) is 23.3 Å². The predicted molar refractivity (Wildman–Crippen MR) is 145 cm³/mol. The van der Waals surface area contributed by atoms with Gasteiger partial charge in [-0.3, -0.25) is 4.31 Å². The third-order valence-corrected chi connectivity index (χ3v) is 8.03. The lowest BCUT2D eigenvalue weighted by Gasteiger charge is -2.23. The van der Waals surface area contributed by atoms with Crippen LogP contribution in [0.1, 0.15) is 72.4 Å². The third-order valence-electron chi connectivity index (χ3n) is 4.63. The zero-order chi connectivity index (χ0) is 22.5. The number of benzene rings is 1. The number of hydrogen-bond donors (Lipinski definition) is 2. The SMILES string of the molecule is C=Cc1cccc2c1/C(=C\C)SN2CN/S1=C(CC)/C=C(/C)NCCC1.CC.CC. The summed E-state index contributed by atoms with van der Waals surface area (Å²) in [5.74, 6) is 1.20. The fourth-order valence-electron chi connectivity index (χ4n) is 3.31. The van der Waals surface area contributed by atoms with E-state index in [1.807, 2.05) is 45.7 Å². The fraction of sp³-hybridized carbons (Fsp3) is 0.480. The van der Waals surface area contributed by atoms with Gasteiger partial charge in [0.25, 0.3) is 0 Å². The van der Waals surface area contributed by atoms with E-state index in [2.05, 4.69) is 72.0 Å². The first-order valence-electron chi connectivity index (χ1n) is 11.3. The molecule has 0 radical (unpaired) electrons. The van der Waals surface area contributed by atoms with Crippen LogP contribution in [0.15, 0.2) is 42.6 Å². The van der Waals surface area contributed by atoms with Gasteiger partial charge in [0.1, 0.15) is 0 Å². The van der Waals surface area contributed by atoms with E-state index in [1.165, 1.54) is 44.5 Å². The molecule has 0 saturated heterocycles. The lowest BCUT2D eigenvalue weighted by molar-refractivity contribution is 0.772. The molecular formula is C25H41N3S2. The molecule has 3 nitrogen and oxygen atoms in total. The van der Waals surface area contributed by atoms with Crippen molar-refractivity contribution in [2.45, 2.75) is 61.3 Å². The molecule has 0 aliphatic carbocycles. The number of hydrogen-bond acceptors (Lipinski definition) is 4. The Kier molecular flexibility index (Phi) is 12.9. The van der Waals surface area contributed by atoms with Gasteiger partial charge in [0.15, 0.2) is 0 Å². The van der Waals surface area contributed by atoms with Crippen LogP contribution in [0.25, 0.3) is 11.0 Å². The second kappa shape index (κ2) is 14.6. The number of allylic oxidation sites excluding steroid dienone is 3. The molecule has 1 aromatic carbocycles. The summed E-state index contributed by atoms with van der Waals surface area (Å²) in [6.45, 7) is 20.4. The molecule has 2 aliphatic rings. The first-order chi connectivity index (χ1) is 14.7. The molecule has 1 unspecified atom stereocenters. The van der Waals surface area contributed by atoms with Crippen molar-refractivity contribution in [3.8, 4) is 0 Å². The number of nitrogens with one attached hydrogen (secondary N) is 2. The number of nitrogens with zero attached hydrogens (tertiary/aromatic N) is 1. The maximum Gasteiger partial charge on any atom is 0.0880 e. The molecule has 30 heavy (non-hydrogen) atoms. The number of fused-ring (bicyclic) bond motifs is 1. The molecule has 2 aliphatic heterocycles. The maximum atomic E-state index is 3.98. The van der Waals surface area contributed by atoms with Crippen molar-refractivity contribution in [3.63, 3.8) is 0 Å². The smallest absolute Gasteiger partial charge is 0.0880 e. The highest BCUT2D eigenvalue weighted by atomic mass is 32.2. The Labute approximate surface area is 192 Å². The molecule has 0 saturated carbocycles. The first kappa shape index (κ1) is 26.6. The van der Waals surface area contributed by atoms with E-state index < -0.39 is 0 Å². The van der Waals surface area contributed by atoms with Gasteiger partial charge in [0, 0.05) is 28.5 Å². The summed E-state index contributed by atoms with van der Waals surface area (Å²) < 4.78 is 6.23. The number of rotatable bonds is 5. The highest BCUT2D eigenvalue weighted by Crippen LogP contribution is 2.48. The van der Waals surface area contributed by atoms with E-state index in [1.54, 1.807) is 0 Å². The van der Waals surface area contributed by atoms with Crippen molar-refractivity contribution in [2.24, 2.45) is 0 Å².